The van der Waals surface area contributed by atoms with E-state index >= 15 is 0 Å². The first-order valence-corrected chi connectivity index (χ1v) is 5.07. The van der Waals surface area contributed by atoms with E-state index < -0.39 is 0 Å². The molecule has 64 valence electrons. The lowest BCUT2D eigenvalue weighted by Crippen LogP contribution is -2.24. The highest BCUT2D eigenvalue weighted by atomic mass is 14.9. The molecule has 0 aromatic carbocycles. The van der Waals surface area contributed by atoms with Crippen molar-refractivity contribution in [2.75, 3.05) is 13.1 Å². The Labute approximate surface area is 69.6 Å². The van der Waals surface area contributed by atoms with E-state index in [0.29, 0.717) is 0 Å². The van der Waals surface area contributed by atoms with Crippen molar-refractivity contribution in [1.82, 2.24) is 5.32 Å². The first-order valence-electron chi connectivity index (χ1n) is 5.07. The van der Waals surface area contributed by atoms with Crippen LogP contribution in [0.5, 0.6) is 0 Å². The van der Waals surface area contributed by atoms with Crippen molar-refractivity contribution in [2.24, 2.45) is 17.8 Å². The molecule has 0 amide bonds. The molecule has 2 rings (SSSR count). The van der Waals surface area contributed by atoms with Gasteiger partial charge in [-0.15, -0.1) is 0 Å². The molecule has 0 radical (unpaired) electrons. The Kier molecular flexibility index (Phi) is 2.17. The van der Waals surface area contributed by atoms with Gasteiger partial charge in [-0.25, -0.2) is 0 Å². The summed E-state index contributed by atoms with van der Waals surface area (Å²) in [5, 5.41) is 3.57. The lowest BCUT2D eigenvalue weighted by Gasteiger charge is -2.10. The summed E-state index contributed by atoms with van der Waals surface area (Å²) < 4.78 is 0. The summed E-state index contributed by atoms with van der Waals surface area (Å²) in [6, 6.07) is 0. The van der Waals surface area contributed by atoms with Crippen LogP contribution in [-0.4, -0.2) is 13.1 Å². The van der Waals surface area contributed by atoms with Gasteiger partial charge in [-0.2, -0.15) is 0 Å². The van der Waals surface area contributed by atoms with Gasteiger partial charge >= 0.3 is 0 Å². The van der Waals surface area contributed by atoms with Crippen LogP contribution in [0.2, 0.25) is 0 Å². The molecule has 2 fully saturated rings. The molecule has 11 heavy (non-hydrogen) atoms. The van der Waals surface area contributed by atoms with Crippen LogP contribution in [0.15, 0.2) is 0 Å². The molecule has 0 aromatic rings. The Hall–Kier alpha value is -0.0400. The second-order valence-electron chi connectivity index (χ2n) is 4.42. The summed E-state index contributed by atoms with van der Waals surface area (Å²) in [6.45, 7) is 4.94. The minimum absolute atomic E-state index is 0.939. The first kappa shape index (κ1) is 7.60. The lowest BCUT2D eigenvalue weighted by atomic mass is 10.1. The lowest BCUT2D eigenvalue weighted by molar-refractivity contribution is 0.456. The SMILES string of the molecule is CC(CNCC1CC1)C1CC1. The van der Waals surface area contributed by atoms with E-state index in [2.05, 4.69) is 12.2 Å². The maximum atomic E-state index is 3.57. The van der Waals surface area contributed by atoms with Crippen molar-refractivity contribution in [2.45, 2.75) is 32.6 Å². The minimum atomic E-state index is 0.939. The fourth-order valence-corrected chi connectivity index (χ4v) is 1.67. The Morgan fingerprint density at radius 1 is 1.27 bits per heavy atom. The van der Waals surface area contributed by atoms with Gasteiger partial charge in [0.05, 0.1) is 0 Å². The third-order valence-electron chi connectivity index (χ3n) is 3.02. The summed E-state index contributed by atoms with van der Waals surface area (Å²) in [6.07, 6.45) is 5.94. The Balaban J connectivity index is 1.50. The molecule has 0 heterocycles. The van der Waals surface area contributed by atoms with E-state index in [1.807, 2.05) is 0 Å². The molecule has 1 unspecified atom stereocenters. The Bertz CT molecular complexity index is 125. The molecule has 1 atom stereocenters. The van der Waals surface area contributed by atoms with E-state index in [1.165, 1.54) is 38.8 Å². The van der Waals surface area contributed by atoms with E-state index in [1.54, 1.807) is 0 Å². The van der Waals surface area contributed by atoms with Gasteiger partial charge < -0.3 is 5.32 Å². The number of rotatable bonds is 5. The van der Waals surface area contributed by atoms with Crippen LogP contribution in [0.3, 0.4) is 0 Å². The first-order chi connectivity index (χ1) is 5.36. The highest BCUT2D eigenvalue weighted by Crippen LogP contribution is 2.36. The highest BCUT2D eigenvalue weighted by molar-refractivity contribution is 4.81. The normalized spacial score (nSPS) is 27.0. The third kappa shape index (κ3) is 2.48. The molecule has 2 aliphatic rings. The van der Waals surface area contributed by atoms with E-state index in [-0.39, 0.29) is 0 Å². The zero-order valence-corrected chi connectivity index (χ0v) is 7.47. The van der Waals surface area contributed by atoms with E-state index in [9.17, 15) is 0 Å². The standard InChI is InChI=1S/C10H19N/c1-8(10-4-5-10)6-11-7-9-2-3-9/h8-11H,2-7H2,1H3. The van der Waals surface area contributed by atoms with Crippen LogP contribution >= 0.6 is 0 Å². The quantitative estimate of drug-likeness (QED) is 0.637. The number of hydrogen-bond donors (Lipinski definition) is 1. The molecule has 0 saturated heterocycles. The summed E-state index contributed by atoms with van der Waals surface area (Å²) in [4.78, 5) is 0. The minimum Gasteiger partial charge on any atom is -0.316 e. The molecule has 1 nitrogen and oxygen atoms in total. The van der Waals surface area contributed by atoms with Crippen molar-refractivity contribution < 1.29 is 0 Å². The van der Waals surface area contributed by atoms with Crippen molar-refractivity contribution in [1.29, 1.82) is 0 Å². The molecule has 1 N–H and O–H groups in total. The fraction of sp³-hybridized carbons (Fsp3) is 1.00. The molecule has 0 aromatic heterocycles. The maximum Gasteiger partial charge on any atom is -0.00204 e. The Morgan fingerprint density at radius 2 is 2.00 bits per heavy atom. The number of hydrogen-bond acceptors (Lipinski definition) is 1. The molecular weight excluding hydrogens is 134 g/mol. The summed E-state index contributed by atoms with van der Waals surface area (Å²) in [5.74, 6) is 3.05. The predicted molar refractivity (Wildman–Crippen MR) is 47.5 cm³/mol. The molecule has 2 aliphatic carbocycles. The van der Waals surface area contributed by atoms with Crippen LogP contribution in [0, 0.1) is 17.8 Å². The van der Waals surface area contributed by atoms with Crippen molar-refractivity contribution >= 4 is 0 Å². The Morgan fingerprint density at radius 3 is 2.55 bits per heavy atom. The summed E-state index contributed by atoms with van der Waals surface area (Å²) in [5.41, 5.74) is 0. The van der Waals surface area contributed by atoms with Crippen molar-refractivity contribution in [3.63, 3.8) is 0 Å². The van der Waals surface area contributed by atoms with Gasteiger partial charge in [0.1, 0.15) is 0 Å². The van der Waals surface area contributed by atoms with E-state index in [0.717, 1.165) is 17.8 Å². The largest absolute Gasteiger partial charge is 0.316 e. The second kappa shape index (κ2) is 3.14. The van der Waals surface area contributed by atoms with Crippen LogP contribution in [0.1, 0.15) is 32.6 Å². The second-order valence-corrected chi connectivity index (χ2v) is 4.42. The zero-order valence-electron chi connectivity index (χ0n) is 7.47. The summed E-state index contributed by atoms with van der Waals surface area (Å²) in [7, 11) is 0. The highest BCUT2D eigenvalue weighted by Gasteiger charge is 2.28. The molecule has 0 bridgehead atoms. The van der Waals surface area contributed by atoms with Crippen LogP contribution < -0.4 is 5.32 Å². The van der Waals surface area contributed by atoms with Gasteiger partial charge in [0.15, 0.2) is 0 Å². The van der Waals surface area contributed by atoms with Crippen LogP contribution in [0.4, 0.5) is 0 Å². The van der Waals surface area contributed by atoms with Gasteiger partial charge in [-0.3, -0.25) is 0 Å². The van der Waals surface area contributed by atoms with Crippen molar-refractivity contribution in [3.8, 4) is 0 Å². The third-order valence-corrected chi connectivity index (χ3v) is 3.02. The smallest absolute Gasteiger partial charge is 0.00204 e. The van der Waals surface area contributed by atoms with Gasteiger partial charge in [-0.1, -0.05) is 6.92 Å². The molecule has 2 saturated carbocycles. The van der Waals surface area contributed by atoms with Crippen LogP contribution in [-0.2, 0) is 0 Å². The van der Waals surface area contributed by atoms with Gasteiger partial charge in [0.2, 0.25) is 0 Å². The number of nitrogens with one attached hydrogen (secondary N) is 1. The molecule has 0 spiro atoms. The topological polar surface area (TPSA) is 12.0 Å². The van der Waals surface area contributed by atoms with E-state index in [4.69, 9.17) is 0 Å². The van der Waals surface area contributed by atoms with Gasteiger partial charge in [0, 0.05) is 0 Å². The zero-order chi connectivity index (χ0) is 7.68. The fourth-order valence-electron chi connectivity index (χ4n) is 1.67. The maximum absolute atomic E-state index is 3.57. The molecular formula is C10H19N. The van der Waals surface area contributed by atoms with Crippen molar-refractivity contribution in [3.05, 3.63) is 0 Å². The van der Waals surface area contributed by atoms with Gasteiger partial charge in [0.25, 0.3) is 0 Å². The van der Waals surface area contributed by atoms with Gasteiger partial charge in [-0.05, 0) is 56.5 Å². The van der Waals surface area contributed by atoms with Crippen LogP contribution in [0.25, 0.3) is 0 Å². The average Bonchev–Trinajstić information content (AvgIpc) is 2.85. The average molecular weight is 153 g/mol. The predicted octanol–water partition coefficient (Wildman–Crippen LogP) is 2.03. The monoisotopic (exact) mass is 153 g/mol. The summed E-state index contributed by atoms with van der Waals surface area (Å²) >= 11 is 0. The molecule has 1 heteroatoms. The molecule has 0 aliphatic heterocycles.